The SMILES string of the molecule is C[C@H](NC1=CC(=O)C(N[C@@H](C)[C@H](O)c2ccccc2)=CC1=O)[C@H](O)c1ccccc1. The maximum Gasteiger partial charge on any atom is 0.203 e. The number of aliphatic hydroxyl groups excluding tert-OH is 2. The van der Waals surface area contributed by atoms with Gasteiger partial charge in [-0.2, -0.15) is 0 Å². The third-order valence-electron chi connectivity index (χ3n) is 5.08. The standard InChI is InChI=1S/C24H26N2O4/c1-15(23(29)17-9-5-3-6-10-17)25-19-13-22(28)20(14-21(19)27)26-16(2)24(30)18-11-7-4-8-12-18/h3-16,23-26,29-30H,1-2H3/t15-,16-,23-,24-/m0/s1. The molecule has 30 heavy (non-hydrogen) atoms. The second-order valence-corrected chi connectivity index (χ2v) is 7.42. The molecular formula is C24H26N2O4. The van der Waals surface area contributed by atoms with Gasteiger partial charge in [0.15, 0.2) is 0 Å². The summed E-state index contributed by atoms with van der Waals surface area (Å²) in [4.78, 5) is 25.0. The summed E-state index contributed by atoms with van der Waals surface area (Å²) < 4.78 is 0. The summed E-state index contributed by atoms with van der Waals surface area (Å²) in [5.74, 6) is -0.740. The van der Waals surface area contributed by atoms with E-state index in [1.54, 1.807) is 38.1 Å². The van der Waals surface area contributed by atoms with E-state index in [0.717, 1.165) is 0 Å². The molecule has 1 aliphatic carbocycles. The van der Waals surface area contributed by atoms with Crippen LogP contribution in [0.5, 0.6) is 0 Å². The molecule has 0 unspecified atom stereocenters. The molecule has 6 heteroatoms. The number of rotatable bonds is 8. The molecule has 156 valence electrons. The molecule has 0 fully saturated rings. The molecule has 0 radical (unpaired) electrons. The number of ketones is 2. The predicted molar refractivity (Wildman–Crippen MR) is 114 cm³/mol. The summed E-state index contributed by atoms with van der Waals surface area (Å²) in [6.07, 6.45) is 0.778. The molecule has 4 N–H and O–H groups in total. The minimum atomic E-state index is -0.834. The van der Waals surface area contributed by atoms with Crippen molar-refractivity contribution in [3.63, 3.8) is 0 Å². The molecule has 1 aliphatic rings. The number of carbonyl (C=O) groups is 2. The number of hydrogen-bond acceptors (Lipinski definition) is 6. The van der Waals surface area contributed by atoms with Gasteiger partial charge >= 0.3 is 0 Å². The fourth-order valence-electron chi connectivity index (χ4n) is 3.31. The van der Waals surface area contributed by atoms with Gasteiger partial charge in [0.1, 0.15) is 0 Å². The van der Waals surface area contributed by atoms with Crippen LogP contribution in [0.4, 0.5) is 0 Å². The molecule has 0 amide bonds. The first kappa shape index (κ1) is 21.5. The van der Waals surface area contributed by atoms with Crippen LogP contribution < -0.4 is 10.6 Å². The van der Waals surface area contributed by atoms with Crippen molar-refractivity contribution in [3.05, 3.63) is 95.3 Å². The van der Waals surface area contributed by atoms with Gasteiger partial charge in [-0.1, -0.05) is 60.7 Å². The Bertz CT molecular complexity index is 874. The van der Waals surface area contributed by atoms with Crippen LogP contribution >= 0.6 is 0 Å². The fraction of sp³-hybridized carbons (Fsp3) is 0.250. The molecule has 0 spiro atoms. The molecule has 6 nitrogen and oxygen atoms in total. The zero-order valence-corrected chi connectivity index (χ0v) is 16.9. The Morgan fingerprint density at radius 2 is 0.967 bits per heavy atom. The smallest absolute Gasteiger partial charge is 0.203 e. The molecule has 3 rings (SSSR count). The van der Waals surface area contributed by atoms with Crippen molar-refractivity contribution in [2.45, 2.75) is 38.1 Å². The molecule has 0 saturated carbocycles. The van der Waals surface area contributed by atoms with Crippen molar-refractivity contribution < 1.29 is 19.8 Å². The second kappa shape index (κ2) is 9.52. The zero-order valence-electron chi connectivity index (χ0n) is 16.9. The van der Waals surface area contributed by atoms with E-state index in [1.807, 2.05) is 36.4 Å². The van der Waals surface area contributed by atoms with Crippen LogP contribution in [0.2, 0.25) is 0 Å². The lowest BCUT2D eigenvalue weighted by atomic mass is 10.00. The summed E-state index contributed by atoms with van der Waals surface area (Å²) >= 11 is 0. The Kier molecular flexibility index (Phi) is 6.82. The van der Waals surface area contributed by atoms with E-state index in [2.05, 4.69) is 10.6 Å². The van der Waals surface area contributed by atoms with Gasteiger partial charge in [-0.25, -0.2) is 0 Å². The molecular weight excluding hydrogens is 380 g/mol. The minimum absolute atomic E-state index is 0.129. The maximum absolute atomic E-state index is 12.5. The Hall–Kier alpha value is -3.22. The average molecular weight is 406 g/mol. The van der Waals surface area contributed by atoms with Gasteiger partial charge in [0, 0.05) is 12.2 Å². The van der Waals surface area contributed by atoms with Gasteiger partial charge in [0.25, 0.3) is 0 Å². The fourth-order valence-corrected chi connectivity index (χ4v) is 3.31. The quantitative estimate of drug-likeness (QED) is 0.502. The van der Waals surface area contributed by atoms with Crippen LogP contribution in [-0.4, -0.2) is 33.9 Å². The predicted octanol–water partition coefficient (Wildman–Crippen LogP) is 2.33. The summed E-state index contributed by atoms with van der Waals surface area (Å²) in [5.41, 5.74) is 1.69. The van der Waals surface area contributed by atoms with Crippen molar-refractivity contribution in [1.82, 2.24) is 10.6 Å². The van der Waals surface area contributed by atoms with E-state index in [-0.39, 0.29) is 23.0 Å². The number of allylic oxidation sites excluding steroid dienone is 2. The van der Waals surface area contributed by atoms with Crippen molar-refractivity contribution in [2.24, 2.45) is 0 Å². The van der Waals surface area contributed by atoms with Crippen LogP contribution in [0, 0.1) is 0 Å². The van der Waals surface area contributed by atoms with Crippen molar-refractivity contribution >= 4 is 11.6 Å². The van der Waals surface area contributed by atoms with Crippen molar-refractivity contribution in [1.29, 1.82) is 0 Å². The second-order valence-electron chi connectivity index (χ2n) is 7.42. The third kappa shape index (κ3) is 5.03. The number of benzene rings is 2. The first-order chi connectivity index (χ1) is 14.4. The largest absolute Gasteiger partial charge is 0.386 e. The first-order valence-electron chi connectivity index (χ1n) is 9.88. The summed E-state index contributed by atoms with van der Waals surface area (Å²) in [5, 5.41) is 26.8. The lowest BCUT2D eigenvalue weighted by Gasteiger charge is -2.26. The average Bonchev–Trinajstić information content (AvgIpc) is 2.77. The highest BCUT2D eigenvalue weighted by Crippen LogP contribution is 2.20. The van der Waals surface area contributed by atoms with Crippen LogP contribution in [0.15, 0.2) is 84.2 Å². The molecule has 0 heterocycles. The van der Waals surface area contributed by atoms with Crippen LogP contribution in [0.3, 0.4) is 0 Å². The minimum Gasteiger partial charge on any atom is -0.386 e. The summed E-state index contributed by atoms with van der Waals surface area (Å²) in [6.45, 7) is 3.48. The number of nitrogens with one attached hydrogen (secondary N) is 2. The number of carbonyl (C=O) groups excluding carboxylic acids is 2. The third-order valence-corrected chi connectivity index (χ3v) is 5.08. The highest BCUT2D eigenvalue weighted by atomic mass is 16.3. The highest BCUT2D eigenvalue weighted by Gasteiger charge is 2.26. The topological polar surface area (TPSA) is 98.7 Å². The lowest BCUT2D eigenvalue weighted by Crippen LogP contribution is -2.39. The number of aliphatic hydroxyl groups is 2. The van der Waals surface area contributed by atoms with Crippen LogP contribution in [0.25, 0.3) is 0 Å². The molecule has 4 atom stereocenters. The zero-order chi connectivity index (χ0) is 21.7. The van der Waals surface area contributed by atoms with Gasteiger partial charge in [0.2, 0.25) is 11.6 Å². The van der Waals surface area contributed by atoms with E-state index >= 15 is 0 Å². The Morgan fingerprint density at radius 1 is 0.633 bits per heavy atom. The summed E-state index contributed by atoms with van der Waals surface area (Å²) in [7, 11) is 0. The maximum atomic E-state index is 12.5. The van der Waals surface area contributed by atoms with E-state index in [0.29, 0.717) is 11.1 Å². The molecule has 0 saturated heterocycles. The van der Waals surface area contributed by atoms with E-state index in [4.69, 9.17) is 0 Å². The Labute approximate surface area is 175 Å². The normalized spacial score (nSPS) is 18.0. The molecule has 0 aromatic heterocycles. The van der Waals surface area contributed by atoms with Crippen LogP contribution in [-0.2, 0) is 9.59 Å². The van der Waals surface area contributed by atoms with Gasteiger partial charge < -0.3 is 20.8 Å². The van der Waals surface area contributed by atoms with E-state index in [1.165, 1.54) is 12.2 Å². The monoisotopic (exact) mass is 406 g/mol. The molecule has 2 aromatic carbocycles. The van der Waals surface area contributed by atoms with E-state index in [9.17, 15) is 19.8 Å². The van der Waals surface area contributed by atoms with Gasteiger partial charge in [0.05, 0.1) is 35.7 Å². The van der Waals surface area contributed by atoms with Gasteiger partial charge in [-0.3, -0.25) is 9.59 Å². The number of hydrogen-bond donors (Lipinski definition) is 4. The Morgan fingerprint density at radius 3 is 1.30 bits per heavy atom. The van der Waals surface area contributed by atoms with Crippen molar-refractivity contribution in [2.75, 3.05) is 0 Å². The highest BCUT2D eigenvalue weighted by molar-refractivity contribution is 6.19. The van der Waals surface area contributed by atoms with Gasteiger partial charge in [-0.05, 0) is 25.0 Å². The van der Waals surface area contributed by atoms with Crippen molar-refractivity contribution in [3.8, 4) is 0 Å². The van der Waals surface area contributed by atoms with E-state index < -0.39 is 24.3 Å². The van der Waals surface area contributed by atoms with Crippen LogP contribution in [0.1, 0.15) is 37.2 Å². The molecule has 2 aromatic rings. The Balaban J connectivity index is 1.64. The lowest BCUT2D eigenvalue weighted by molar-refractivity contribution is -0.115. The summed E-state index contributed by atoms with van der Waals surface area (Å²) in [6, 6.07) is 17.3. The molecule has 0 bridgehead atoms. The van der Waals surface area contributed by atoms with Gasteiger partial charge in [-0.15, -0.1) is 0 Å². The molecule has 0 aliphatic heterocycles. The first-order valence-corrected chi connectivity index (χ1v) is 9.88.